The van der Waals surface area contributed by atoms with E-state index < -0.39 is 0 Å². The zero-order chi connectivity index (χ0) is 15.4. The van der Waals surface area contributed by atoms with E-state index >= 15 is 0 Å². The molecular weight excluding hydrogens is 531 g/mol. The smallest absolute Gasteiger partial charge is 0.257 e. The van der Waals surface area contributed by atoms with Crippen molar-refractivity contribution in [3.63, 3.8) is 0 Å². The van der Waals surface area contributed by atoms with Crippen molar-refractivity contribution >= 4 is 83.4 Å². The Hall–Kier alpha value is -0.510. The highest BCUT2D eigenvalue weighted by Gasteiger charge is 2.09. The Kier molecular flexibility index (Phi) is 6.15. The van der Waals surface area contributed by atoms with Gasteiger partial charge in [-0.05, 0) is 77.3 Å². The molecule has 0 spiro atoms. The fraction of sp³-hybridized carbons (Fsp3) is 0. The third kappa shape index (κ3) is 5.01. The highest BCUT2D eigenvalue weighted by molar-refractivity contribution is 14.1. The summed E-state index contributed by atoms with van der Waals surface area (Å²) in [5.74, 6) is -0.243. The van der Waals surface area contributed by atoms with Crippen molar-refractivity contribution in [2.75, 3.05) is 5.32 Å². The number of nitrogens with one attached hydrogen (secondary N) is 2. The number of carbonyl (C=O) groups excluding carboxylic acids is 1. The van der Waals surface area contributed by atoms with Crippen LogP contribution in [-0.4, -0.2) is 11.0 Å². The van der Waals surface area contributed by atoms with Gasteiger partial charge in [0.1, 0.15) is 0 Å². The summed E-state index contributed by atoms with van der Waals surface area (Å²) < 4.78 is 2.91. The van der Waals surface area contributed by atoms with Crippen molar-refractivity contribution in [1.29, 1.82) is 0 Å². The number of anilines is 1. The molecule has 0 radical (unpaired) electrons. The number of rotatable bonds is 2. The zero-order valence-corrected chi connectivity index (χ0v) is 16.6. The quantitative estimate of drug-likeness (QED) is 0.419. The fourth-order valence-corrected chi connectivity index (χ4v) is 3.43. The molecule has 0 aliphatic heterocycles. The number of thiocarbonyl (C=S) groups is 1. The minimum Gasteiger partial charge on any atom is -0.332 e. The first-order chi connectivity index (χ1) is 9.95. The van der Waals surface area contributed by atoms with Gasteiger partial charge in [0.2, 0.25) is 0 Å². The Morgan fingerprint density at radius 3 is 2.29 bits per heavy atom. The van der Waals surface area contributed by atoms with Crippen molar-refractivity contribution in [3.05, 3.63) is 60.5 Å². The minimum atomic E-state index is -0.243. The first kappa shape index (κ1) is 16.9. The summed E-state index contributed by atoms with van der Waals surface area (Å²) in [6.07, 6.45) is 0. The fourth-order valence-electron chi connectivity index (χ4n) is 1.52. The van der Waals surface area contributed by atoms with Crippen LogP contribution in [0.2, 0.25) is 0 Å². The molecule has 21 heavy (non-hydrogen) atoms. The maximum atomic E-state index is 12.0. The normalized spacial score (nSPS) is 10.0. The Bertz CT molecular complexity index is 692. The average molecular weight is 540 g/mol. The monoisotopic (exact) mass is 538 g/mol. The summed E-state index contributed by atoms with van der Waals surface area (Å²) in [5.41, 5.74) is 1.40. The molecule has 0 bridgehead atoms. The van der Waals surface area contributed by atoms with Gasteiger partial charge in [-0.3, -0.25) is 10.1 Å². The Morgan fingerprint density at radius 1 is 1.05 bits per heavy atom. The van der Waals surface area contributed by atoms with E-state index in [0.29, 0.717) is 5.56 Å². The van der Waals surface area contributed by atoms with Crippen LogP contribution < -0.4 is 10.6 Å². The van der Waals surface area contributed by atoms with Gasteiger partial charge in [0.15, 0.2) is 5.11 Å². The molecular formula is C14H9Br2IN2OS. The number of hydrogen-bond donors (Lipinski definition) is 2. The SMILES string of the molecule is O=C(NC(=S)Nc1ccc(Br)cc1I)c1ccc(Br)cc1. The van der Waals surface area contributed by atoms with E-state index in [1.54, 1.807) is 12.1 Å². The first-order valence-electron chi connectivity index (χ1n) is 5.78. The van der Waals surface area contributed by atoms with Gasteiger partial charge >= 0.3 is 0 Å². The second kappa shape index (κ2) is 7.66. The average Bonchev–Trinajstić information content (AvgIpc) is 2.42. The Balaban J connectivity index is 2.01. The molecule has 0 atom stereocenters. The molecule has 2 rings (SSSR count). The lowest BCUT2D eigenvalue weighted by Crippen LogP contribution is -2.34. The van der Waals surface area contributed by atoms with E-state index in [1.165, 1.54) is 0 Å². The van der Waals surface area contributed by atoms with Crippen molar-refractivity contribution < 1.29 is 4.79 Å². The van der Waals surface area contributed by atoms with Crippen LogP contribution in [0.25, 0.3) is 0 Å². The lowest BCUT2D eigenvalue weighted by atomic mass is 10.2. The maximum absolute atomic E-state index is 12.0. The van der Waals surface area contributed by atoms with Crippen LogP contribution in [0.3, 0.4) is 0 Å². The Labute approximate surface area is 158 Å². The molecule has 0 heterocycles. The van der Waals surface area contributed by atoms with Crippen LogP contribution >= 0.6 is 66.7 Å². The van der Waals surface area contributed by atoms with Gasteiger partial charge in [-0.15, -0.1) is 0 Å². The molecule has 1 amide bonds. The number of hydrogen-bond acceptors (Lipinski definition) is 2. The predicted octanol–water partition coefficient (Wildman–Crippen LogP) is 4.94. The van der Waals surface area contributed by atoms with Gasteiger partial charge in [-0.2, -0.15) is 0 Å². The van der Waals surface area contributed by atoms with Crippen molar-refractivity contribution in [3.8, 4) is 0 Å². The molecule has 0 saturated carbocycles. The van der Waals surface area contributed by atoms with Crippen LogP contribution in [-0.2, 0) is 0 Å². The van der Waals surface area contributed by atoms with Gasteiger partial charge in [0, 0.05) is 18.1 Å². The van der Waals surface area contributed by atoms with Gasteiger partial charge in [-0.25, -0.2) is 0 Å². The molecule has 2 N–H and O–H groups in total. The van der Waals surface area contributed by atoms with Crippen LogP contribution in [0.15, 0.2) is 51.4 Å². The van der Waals surface area contributed by atoms with Crippen molar-refractivity contribution in [1.82, 2.24) is 5.32 Å². The molecule has 0 saturated heterocycles. The molecule has 2 aromatic rings. The molecule has 0 aliphatic carbocycles. The summed E-state index contributed by atoms with van der Waals surface area (Å²) in [4.78, 5) is 12.0. The molecule has 0 aromatic heterocycles. The number of carbonyl (C=O) groups is 1. The van der Waals surface area contributed by atoms with Crippen molar-refractivity contribution in [2.45, 2.75) is 0 Å². The predicted molar refractivity (Wildman–Crippen MR) is 105 cm³/mol. The topological polar surface area (TPSA) is 41.1 Å². The van der Waals surface area contributed by atoms with E-state index in [0.717, 1.165) is 18.2 Å². The maximum Gasteiger partial charge on any atom is 0.257 e. The second-order valence-corrected chi connectivity index (χ2v) is 7.44. The third-order valence-electron chi connectivity index (χ3n) is 2.51. The van der Waals surface area contributed by atoms with Crippen LogP contribution in [0.1, 0.15) is 10.4 Å². The van der Waals surface area contributed by atoms with Gasteiger partial charge in [-0.1, -0.05) is 31.9 Å². The lowest BCUT2D eigenvalue weighted by Gasteiger charge is -2.11. The van der Waals surface area contributed by atoms with E-state index in [9.17, 15) is 4.79 Å². The molecule has 7 heteroatoms. The molecule has 0 unspecified atom stereocenters. The van der Waals surface area contributed by atoms with E-state index in [2.05, 4.69) is 65.1 Å². The molecule has 0 fully saturated rings. The van der Waals surface area contributed by atoms with Crippen molar-refractivity contribution in [2.24, 2.45) is 0 Å². The van der Waals surface area contributed by atoms with Gasteiger partial charge in [0.05, 0.1) is 5.69 Å². The lowest BCUT2D eigenvalue weighted by molar-refractivity contribution is 0.0977. The number of halogens is 3. The van der Waals surface area contributed by atoms with E-state index in [1.807, 2.05) is 30.3 Å². The third-order valence-corrected chi connectivity index (χ3v) is 4.63. The van der Waals surface area contributed by atoms with Crippen LogP contribution in [0.4, 0.5) is 5.69 Å². The van der Waals surface area contributed by atoms with E-state index in [-0.39, 0.29) is 11.0 Å². The van der Waals surface area contributed by atoms with Crippen LogP contribution in [0, 0.1) is 3.57 Å². The van der Waals surface area contributed by atoms with Gasteiger partial charge < -0.3 is 5.32 Å². The number of amides is 1. The van der Waals surface area contributed by atoms with Crippen LogP contribution in [0.5, 0.6) is 0 Å². The highest BCUT2D eigenvalue weighted by atomic mass is 127. The minimum absolute atomic E-state index is 0.243. The van der Waals surface area contributed by atoms with Gasteiger partial charge in [0.25, 0.3) is 5.91 Å². The number of benzene rings is 2. The zero-order valence-electron chi connectivity index (χ0n) is 10.5. The molecule has 2 aromatic carbocycles. The summed E-state index contributed by atoms with van der Waals surface area (Å²) >= 11 is 14.1. The summed E-state index contributed by atoms with van der Waals surface area (Å²) in [6.45, 7) is 0. The highest BCUT2D eigenvalue weighted by Crippen LogP contribution is 2.22. The summed E-state index contributed by atoms with van der Waals surface area (Å²) in [6, 6.07) is 12.8. The standard InChI is InChI=1S/C14H9Br2IN2OS/c15-9-3-1-8(2-4-9)13(20)19-14(21)18-12-6-5-10(16)7-11(12)17/h1-7H,(H2,18,19,20,21). The largest absolute Gasteiger partial charge is 0.332 e. The molecule has 3 nitrogen and oxygen atoms in total. The summed E-state index contributed by atoms with van der Waals surface area (Å²) in [5, 5.41) is 5.94. The van der Waals surface area contributed by atoms with E-state index in [4.69, 9.17) is 12.2 Å². The second-order valence-electron chi connectivity index (χ2n) is 4.04. The first-order valence-corrected chi connectivity index (χ1v) is 8.86. The molecule has 108 valence electrons. The Morgan fingerprint density at radius 2 is 1.67 bits per heavy atom. The summed E-state index contributed by atoms with van der Waals surface area (Å²) in [7, 11) is 0. The molecule has 0 aliphatic rings.